The van der Waals surface area contributed by atoms with Gasteiger partial charge in [-0.15, -0.1) is 11.8 Å². The van der Waals surface area contributed by atoms with E-state index in [4.69, 9.17) is 0 Å². The van der Waals surface area contributed by atoms with Gasteiger partial charge in [-0.2, -0.15) is 0 Å². The van der Waals surface area contributed by atoms with Gasteiger partial charge in [-0.3, -0.25) is 0 Å². The molecule has 37 heavy (non-hydrogen) atoms. The average molecular weight is 524 g/mol. The molecule has 0 atom stereocenters. The van der Waals surface area contributed by atoms with Crippen molar-refractivity contribution in [3.05, 3.63) is 54.1 Å². The lowest BCUT2D eigenvalue weighted by Crippen LogP contribution is -2.34. The Morgan fingerprint density at radius 3 is 2.51 bits per heavy atom. The minimum atomic E-state index is -0.634. The van der Waals surface area contributed by atoms with E-state index < -0.39 is 11.6 Å². The van der Waals surface area contributed by atoms with Gasteiger partial charge in [0.25, 0.3) is 0 Å². The van der Waals surface area contributed by atoms with Gasteiger partial charge in [-0.1, -0.05) is 6.92 Å². The molecule has 0 radical (unpaired) electrons. The molecule has 4 heterocycles. The molecule has 1 aliphatic rings. The van der Waals surface area contributed by atoms with Crippen LogP contribution in [0.25, 0.3) is 22.3 Å². The van der Waals surface area contributed by atoms with E-state index in [2.05, 4.69) is 37.1 Å². The van der Waals surface area contributed by atoms with Crippen LogP contribution in [0.1, 0.15) is 45.5 Å². The van der Waals surface area contributed by atoms with Crippen LogP contribution in [0.5, 0.6) is 0 Å². The fraction of sp³-hybridized carbons (Fsp3) is 0.407. The molecule has 1 aliphatic heterocycles. The first-order valence-electron chi connectivity index (χ1n) is 12.7. The Kier molecular flexibility index (Phi) is 7.39. The predicted molar refractivity (Wildman–Crippen MR) is 144 cm³/mol. The fourth-order valence-corrected chi connectivity index (χ4v) is 5.95. The van der Waals surface area contributed by atoms with Crippen molar-refractivity contribution in [2.24, 2.45) is 0 Å². The normalized spacial score (nSPS) is 15.1. The number of nitrogens with one attached hydrogen (secondary N) is 1. The van der Waals surface area contributed by atoms with Crippen LogP contribution in [-0.4, -0.2) is 54.3 Å². The van der Waals surface area contributed by atoms with E-state index in [0.29, 0.717) is 28.0 Å². The Morgan fingerprint density at radius 2 is 1.84 bits per heavy atom. The number of imidazole rings is 1. The molecule has 0 amide bonds. The molecule has 1 saturated heterocycles. The van der Waals surface area contributed by atoms with Crippen LogP contribution in [0.4, 0.5) is 20.5 Å². The van der Waals surface area contributed by atoms with Crippen molar-refractivity contribution in [3.8, 4) is 11.3 Å². The summed E-state index contributed by atoms with van der Waals surface area (Å²) in [7, 11) is 0. The molecule has 0 saturated carbocycles. The van der Waals surface area contributed by atoms with Crippen LogP contribution < -0.4 is 5.32 Å². The van der Waals surface area contributed by atoms with Crippen molar-refractivity contribution in [3.63, 3.8) is 0 Å². The number of aryl methyl sites for hydroxylation is 1. The van der Waals surface area contributed by atoms with Crippen molar-refractivity contribution in [1.82, 2.24) is 29.4 Å². The number of hydrogen-bond acceptors (Lipinski definition) is 7. The summed E-state index contributed by atoms with van der Waals surface area (Å²) in [5.74, 6) is 0.289. The number of likely N-dealkylation sites (tertiary alicyclic amines) is 1. The van der Waals surface area contributed by atoms with Crippen molar-refractivity contribution in [2.75, 3.05) is 25.0 Å². The lowest BCUT2D eigenvalue weighted by Gasteiger charge is -2.30. The summed E-state index contributed by atoms with van der Waals surface area (Å²) in [6.07, 6.45) is 5.27. The Balaban J connectivity index is 1.35. The van der Waals surface area contributed by atoms with Gasteiger partial charge in [-0.25, -0.2) is 28.7 Å². The molecule has 1 N–H and O–H groups in total. The second-order valence-electron chi connectivity index (χ2n) is 9.59. The molecule has 0 unspecified atom stereocenters. The summed E-state index contributed by atoms with van der Waals surface area (Å²) >= 11 is 1.86. The van der Waals surface area contributed by atoms with E-state index in [1.54, 1.807) is 6.07 Å². The molecule has 1 aromatic carbocycles. The van der Waals surface area contributed by atoms with Gasteiger partial charge >= 0.3 is 0 Å². The molecular formula is C27H31F2N7S. The Morgan fingerprint density at radius 1 is 1.05 bits per heavy atom. The maximum absolute atomic E-state index is 14.9. The SMILES string of the molecule is CCN1CCC(Sc2ccc(Nc3ncc(F)c(-c4cc(F)c5nc(C)n(C(C)C)c5c4)n3)nc2)CC1. The van der Waals surface area contributed by atoms with Gasteiger partial charge in [0.05, 0.1) is 11.7 Å². The summed E-state index contributed by atoms with van der Waals surface area (Å²) in [6.45, 7) is 11.4. The number of piperidine rings is 1. The zero-order chi connectivity index (χ0) is 26.1. The third-order valence-electron chi connectivity index (χ3n) is 6.72. The monoisotopic (exact) mass is 523 g/mol. The highest BCUT2D eigenvalue weighted by Crippen LogP contribution is 2.32. The number of nitrogens with zero attached hydrogens (tertiary/aromatic N) is 6. The number of hydrogen-bond donors (Lipinski definition) is 1. The summed E-state index contributed by atoms with van der Waals surface area (Å²) in [5, 5.41) is 3.64. The molecule has 4 aromatic rings. The average Bonchev–Trinajstić information content (AvgIpc) is 3.23. The first-order chi connectivity index (χ1) is 17.8. The largest absolute Gasteiger partial charge is 0.326 e. The highest BCUT2D eigenvalue weighted by atomic mass is 32.2. The lowest BCUT2D eigenvalue weighted by atomic mass is 10.1. The van der Waals surface area contributed by atoms with E-state index >= 15 is 0 Å². The van der Waals surface area contributed by atoms with Crippen LogP contribution in [0.2, 0.25) is 0 Å². The smallest absolute Gasteiger partial charge is 0.229 e. The second kappa shape index (κ2) is 10.7. The summed E-state index contributed by atoms with van der Waals surface area (Å²) in [5.41, 5.74) is 1.20. The molecule has 0 bridgehead atoms. The molecule has 0 aliphatic carbocycles. The van der Waals surface area contributed by atoms with E-state index in [0.717, 1.165) is 30.7 Å². The van der Waals surface area contributed by atoms with E-state index in [1.165, 1.54) is 18.9 Å². The van der Waals surface area contributed by atoms with Crippen LogP contribution >= 0.6 is 11.8 Å². The third kappa shape index (κ3) is 5.45. The summed E-state index contributed by atoms with van der Waals surface area (Å²) in [6, 6.07) is 6.96. The Labute approximate surface area is 219 Å². The zero-order valence-electron chi connectivity index (χ0n) is 21.5. The number of pyridine rings is 1. The highest BCUT2D eigenvalue weighted by Gasteiger charge is 2.20. The zero-order valence-corrected chi connectivity index (χ0v) is 22.3. The predicted octanol–water partition coefficient (Wildman–Crippen LogP) is 6.38. The molecule has 1 fully saturated rings. The van der Waals surface area contributed by atoms with Crippen molar-refractivity contribution in [2.45, 2.75) is 56.7 Å². The van der Waals surface area contributed by atoms with Gasteiger partial charge in [-0.05, 0) is 77.5 Å². The van der Waals surface area contributed by atoms with Gasteiger partial charge in [0.2, 0.25) is 5.95 Å². The molecule has 10 heteroatoms. The quantitative estimate of drug-likeness (QED) is 0.302. The van der Waals surface area contributed by atoms with Crippen LogP contribution in [0, 0.1) is 18.6 Å². The van der Waals surface area contributed by atoms with Gasteiger partial charge in [0.15, 0.2) is 11.6 Å². The number of fused-ring (bicyclic) bond motifs is 1. The summed E-state index contributed by atoms with van der Waals surface area (Å²) < 4.78 is 31.7. The maximum Gasteiger partial charge on any atom is 0.229 e. The highest BCUT2D eigenvalue weighted by molar-refractivity contribution is 8.00. The van der Waals surface area contributed by atoms with Crippen molar-refractivity contribution < 1.29 is 8.78 Å². The number of aromatic nitrogens is 5. The van der Waals surface area contributed by atoms with Gasteiger partial charge in [0, 0.05) is 27.9 Å². The second-order valence-corrected chi connectivity index (χ2v) is 11.0. The first kappa shape index (κ1) is 25.5. The number of thioether (sulfide) groups is 1. The molecule has 3 aromatic heterocycles. The van der Waals surface area contributed by atoms with Gasteiger partial charge < -0.3 is 14.8 Å². The van der Waals surface area contributed by atoms with E-state index in [-0.39, 0.29) is 23.2 Å². The molecule has 5 rings (SSSR count). The molecular weight excluding hydrogens is 492 g/mol. The number of halogens is 2. The van der Waals surface area contributed by atoms with Crippen LogP contribution in [-0.2, 0) is 0 Å². The topological polar surface area (TPSA) is 71.8 Å². The minimum absolute atomic E-state index is 0.0121. The van der Waals surface area contributed by atoms with E-state index in [1.807, 2.05) is 55.4 Å². The maximum atomic E-state index is 14.9. The van der Waals surface area contributed by atoms with Crippen molar-refractivity contribution >= 4 is 34.6 Å². The Hall–Kier alpha value is -3.11. The number of benzene rings is 1. The van der Waals surface area contributed by atoms with Crippen LogP contribution in [0.3, 0.4) is 0 Å². The molecule has 7 nitrogen and oxygen atoms in total. The molecule has 0 spiro atoms. The number of rotatable bonds is 7. The van der Waals surface area contributed by atoms with Crippen LogP contribution in [0.15, 0.2) is 41.6 Å². The third-order valence-corrected chi connectivity index (χ3v) is 8.04. The lowest BCUT2D eigenvalue weighted by molar-refractivity contribution is 0.244. The molecule has 194 valence electrons. The van der Waals surface area contributed by atoms with Crippen molar-refractivity contribution in [1.29, 1.82) is 0 Å². The van der Waals surface area contributed by atoms with Gasteiger partial charge in [0.1, 0.15) is 22.9 Å². The summed E-state index contributed by atoms with van der Waals surface area (Å²) in [4.78, 5) is 20.9. The standard InChI is InChI=1S/C27H31F2N7S/c1-5-35-10-8-19(9-11-35)37-20-6-7-24(30-14-20)33-27-31-15-22(29)25(34-27)18-12-21(28)26-23(13-18)36(16(2)3)17(4)32-26/h6-7,12-16,19H,5,8-11H2,1-4H3,(H,30,31,33,34). The number of anilines is 2. The Bertz CT molecular complexity index is 1400. The van der Waals surface area contributed by atoms with E-state index in [9.17, 15) is 8.78 Å². The fourth-order valence-electron chi connectivity index (χ4n) is 4.86. The first-order valence-corrected chi connectivity index (χ1v) is 13.5. The minimum Gasteiger partial charge on any atom is -0.326 e.